The van der Waals surface area contributed by atoms with Crippen molar-refractivity contribution in [1.29, 1.82) is 0 Å². The summed E-state index contributed by atoms with van der Waals surface area (Å²) in [6.07, 6.45) is 0.129. The van der Waals surface area contributed by atoms with Crippen LogP contribution in [0.2, 0.25) is 0 Å². The second-order valence-electron chi connectivity index (χ2n) is 4.63. The number of aromatic nitrogens is 4. The van der Waals surface area contributed by atoms with Gasteiger partial charge in [0.2, 0.25) is 0 Å². The number of nitrogens with zero attached hydrogens (tertiary/aromatic N) is 3. The van der Waals surface area contributed by atoms with Gasteiger partial charge in [0.1, 0.15) is 30.2 Å². The molecular formula is C11H15N5O3S. The Morgan fingerprint density at radius 2 is 2.15 bits per heavy atom. The lowest BCUT2D eigenvalue weighted by Gasteiger charge is -2.12. The standard InChI is InChI=1S/C11H15N5O3S/c1-20-2-4-8(17)9(18)10(19-4)6-5-7(16-15-6)11(12)14-3-13-5/h3-4,8-10,17-18H,2H2,1H3,(H,15,16)(H2,12,13,14)/t4-,8-,9-,10?/m1/s1. The summed E-state index contributed by atoms with van der Waals surface area (Å²) >= 11 is 1.54. The van der Waals surface area contributed by atoms with E-state index in [4.69, 9.17) is 10.5 Å². The summed E-state index contributed by atoms with van der Waals surface area (Å²) in [4.78, 5) is 7.97. The van der Waals surface area contributed by atoms with Gasteiger partial charge in [-0.25, -0.2) is 9.97 Å². The molecule has 1 aliphatic heterocycles. The molecule has 0 aromatic carbocycles. The molecule has 1 saturated heterocycles. The van der Waals surface area contributed by atoms with Crippen molar-refractivity contribution in [2.75, 3.05) is 17.7 Å². The Kier molecular flexibility index (Phi) is 3.50. The number of aromatic amines is 1. The van der Waals surface area contributed by atoms with Crippen LogP contribution in [-0.4, -0.2) is 60.7 Å². The lowest BCUT2D eigenvalue weighted by Crippen LogP contribution is -2.31. The molecule has 20 heavy (non-hydrogen) atoms. The van der Waals surface area contributed by atoms with Gasteiger partial charge in [-0.1, -0.05) is 0 Å². The van der Waals surface area contributed by atoms with Gasteiger partial charge in [0.15, 0.2) is 11.3 Å². The highest BCUT2D eigenvalue weighted by Gasteiger charge is 2.44. The molecule has 2 aromatic rings. The second-order valence-corrected chi connectivity index (χ2v) is 5.54. The van der Waals surface area contributed by atoms with Crippen LogP contribution in [0, 0.1) is 0 Å². The molecule has 2 aromatic heterocycles. The van der Waals surface area contributed by atoms with E-state index in [0.717, 1.165) is 0 Å². The van der Waals surface area contributed by atoms with Gasteiger partial charge in [-0.3, -0.25) is 5.10 Å². The Labute approximate surface area is 118 Å². The first-order chi connectivity index (χ1) is 9.63. The zero-order chi connectivity index (χ0) is 14.3. The highest BCUT2D eigenvalue weighted by Crippen LogP contribution is 2.36. The third-order valence-electron chi connectivity index (χ3n) is 3.37. The van der Waals surface area contributed by atoms with E-state index in [1.165, 1.54) is 6.33 Å². The zero-order valence-electron chi connectivity index (χ0n) is 10.7. The highest BCUT2D eigenvalue weighted by atomic mass is 32.2. The quantitative estimate of drug-likeness (QED) is 0.594. The minimum atomic E-state index is -1.04. The lowest BCUT2D eigenvalue weighted by atomic mass is 10.1. The highest BCUT2D eigenvalue weighted by molar-refractivity contribution is 7.98. The van der Waals surface area contributed by atoms with Crippen molar-refractivity contribution in [2.24, 2.45) is 0 Å². The van der Waals surface area contributed by atoms with E-state index in [-0.39, 0.29) is 5.82 Å². The van der Waals surface area contributed by atoms with E-state index in [9.17, 15) is 10.2 Å². The van der Waals surface area contributed by atoms with E-state index in [2.05, 4.69) is 20.2 Å². The topological polar surface area (TPSA) is 130 Å². The summed E-state index contributed by atoms with van der Waals surface area (Å²) in [7, 11) is 0. The average Bonchev–Trinajstić information content (AvgIpc) is 2.97. The van der Waals surface area contributed by atoms with E-state index in [1.807, 2.05) is 6.26 Å². The molecule has 1 fully saturated rings. The Balaban J connectivity index is 1.97. The molecule has 5 N–H and O–H groups in total. The van der Waals surface area contributed by atoms with Crippen molar-refractivity contribution in [3.8, 4) is 0 Å². The summed E-state index contributed by atoms with van der Waals surface area (Å²) in [6.45, 7) is 0. The SMILES string of the molecule is CSC[C@H]1OC(c2[nH]nc3c(N)ncnc23)[C@H](O)[C@@H]1O. The number of H-pyrrole nitrogens is 1. The van der Waals surface area contributed by atoms with Crippen LogP contribution in [0.15, 0.2) is 6.33 Å². The second kappa shape index (κ2) is 5.17. The van der Waals surface area contributed by atoms with Gasteiger partial charge in [-0.15, -0.1) is 0 Å². The molecule has 0 spiro atoms. The number of aliphatic hydroxyl groups excluding tert-OH is 2. The van der Waals surface area contributed by atoms with Crippen molar-refractivity contribution < 1.29 is 14.9 Å². The van der Waals surface area contributed by atoms with Gasteiger partial charge in [-0.05, 0) is 6.26 Å². The number of nitrogen functional groups attached to an aromatic ring is 1. The maximum Gasteiger partial charge on any atom is 0.155 e. The van der Waals surface area contributed by atoms with Crippen molar-refractivity contribution in [3.63, 3.8) is 0 Å². The molecule has 0 aliphatic carbocycles. The molecule has 4 atom stereocenters. The van der Waals surface area contributed by atoms with Crippen LogP contribution in [0.5, 0.6) is 0 Å². The number of anilines is 1. The van der Waals surface area contributed by atoms with Gasteiger partial charge in [0.05, 0.1) is 11.8 Å². The summed E-state index contributed by atoms with van der Waals surface area (Å²) < 4.78 is 5.73. The van der Waals surface area contributed by atoms with Crippen molar-refractivity contribution in [2.45, 2.75) is 24.4 Å². The number of nitrogens with two attached hydrogens (primary N) is 1. The average molecular weight is 297 g/mol. The van der Waals surface area contributed by atoms with Crippen molar-refractivity contribution in [1.82, 2.24) is 20.2 Å². The largest absolute Gasteiger partial charge is 0.388 e. The van der Waals surface area contributed by atoms with E-state index < -0.39 is 24.4 Å². The van der Waals surface area contributed by atoms with Crippen molar-refractivity contribution in [3.05, 3.63) is 12.0 Å². The number of nitrogens with one attached hydrogen (secondary N) is 1. The fourth-order valence-electron chi connectivity index (χ4n) is 2.36. The minimum Gasteiger partial charge on any atom is -0.388 e. The van der Waals surface area contributed by atoms with Crippen LogP contribution in [0.3, 0.4) is 0 Å². The Bertz CT molecular complexity index is 621. The normalized spacial score (nSPS) is 30.1. The van der Waals surface area contributed by atoms with E-state index >= 15 is 0 Å². The van der Waals surface area contributed by atoms with E-state index in [0.29, 0.717) is 22.5 Å². The number of hydrogen-bond donors (Lipinski definition) is 4. The molecule has 3 heterocycles. The van der Waals surface area contributed by atoms with Crippen LogP contribution in [0.4, 0.5) is 5.82 Å². The van der Waals surface area contributed by atoms with Gasteiger partial charge in [0.25, 0.3) is 0 Å². The molecule has 108 valence electrons. The predicted octanol–water partition coefficient (Wildman–Crippen LogP) is -0.540. The van der Waals surface area contributed by atoms with Crippen LogP contribution in [0.25, 0.3) is 11.0 Å². The first-order valence-corrected chi connectivity index (χ1v) is 7.47. The molecule has 0 radical (unpaired) electrons. The summed E-state index contributed by atoms with van der Waals surface area (Å²) in [5, 5.41) is 27.0. The molecule has 1 unspecified atom stereocenters. The Morgan fingerprint density at radius 1 is 1.35 bits per heavy atom. The number of rotatable bonds is 3. The Hall–Kier alpha value is -1.42. The zero-order valence-corrected chi connectivity index (χ0v) is 11.5. The molecule has 1 aliphatic rings. The summed E-state index contributed by atoms with van der Waals surface area (Å²) in [5.41, 5.74) is 7.15. The van der Waals surface area contributed by atoms with Crippen LogP contribution < -0.4 is 5.73 Å². The van der Waals surface area contributed by atoms with Crippen LogP contribution in [0.1, 0.15) is 11.8 Å². The maximum absolute atomic E-state index is 10.1. The Morgan fingerprint density at radius 3 is 2.90 bits per heavy atom. The fourth-order valence-corrected chi connectivity index (χ4v) is 2.96. The summed E-state index contributed by atoms with van der Waals surface area (Å²) in [5.74, 6) is 0.851. The monoisotopic (exact) mass is 297 g/mol. The number of hydrogen-bond acceptors (Lipinski definition) is 8. The van der Waals surface area contributed by atoms with Gasteiger partial charge in [-0.2, -0.15) is 16.9 Å². The van der Waals surface area contributed by atoms with E-state index in [1.54, 1.807) is 11.8 Å². The van der Waals surface area contributed by atoms with Crippen LogP contribution in [-0.2, 0) is 4.74 Å². The molecule has 9 heteroatoms. The maximum atomic E-state index is 10.1. The number of aliphatic hydroxyl groups is 2. The third kappa shape index (κ3) is 2.03. The minimum absolute atomic E-state index is 0.256. The molecule has 0 bridgehead atoms. The fraction of sp³-hybridized carbons (Fsp3) is 0.545. The molecule has 0 amide bonds. The van der Waals surface area contributed by atoms with Crippen LogP contribution >= 0.6 is 11.8 Å². The van der Waals surface area contributed by atoms with Gasteiger partial charge in [0, 0.05) is 5.75 Å². The first kappa shape index (κ1) is 13.6. The van der Waals surface area contributed by atoms with Gasteiger partial charge >= 0.3 is 0 Å². The molecule has 8 nitrogen and oxygen atoms in total. The predicted molar refractivity (Wildman–Crippen MR) is 74.1 cm³/mol. The molecular weight excluding hydrogens is 282 g/mol. The third-order valence-corrected chi connectivity index (χ3v) is 4.03. The smallest absolute Gasteiger partial charge is 0.155 e. The van der Waals surface area contributed by atoms with Crippen molar-refractivity contribution >= 4 is 28.6 Å². The molecule has 0 saturated carbocycles. The number of fused-ring (bicyclic) bond motifs is 1. The summed E-state index contributed by atoms with van der Waals surface area (Å²) in [6, 6.07) is 0. The number of ether oxygens (including phenoxy) is 1. The van der Waals surface area contributed by atoms with Gasteiger partial charge < -0.3 is 20.7 Å². The number of thioether (sulfide) groups is 1. The lowest BCUT2D eigenvalue weighted by molar-refractivity contribution is 0.0146. The first-order valence-electron chi connectivity index (χ1n) is 6.08. The molecule has 3 rings (SSSR count).